The number of nitrogens with one attached hydrogen (secondary N) is 1. The quantitative estimate of drug-likeness (QED) is 0.236. The van der Waals surface area contributed by atoms with Gasteiger partial charge >= 0.3 is 6.18 Å². The molecule has 3 N–H and O–H groups in total. The summed E-state index contributed by atoms with van der Waals surface area (Å²) in [6.45, 7) is 2.69. The maximum absolute atomic E-state index is 15.3. The van der Waals surface area contributed by atoms with Crippen LogP contribution in [0, 0.1) is 5.82 Å². The van der Waals surface area contributed by atoms with Crippen LogP contribution in [0.1, 0.15) is 28.4 Å². The molecule has 0 saturated heterocycles. The molecular formula is C24H20ClF4N7O2. The van der Waals surface area contributed by atoms with E-state index < -0.39 is 29.3 Å². The highest BCUT2D eigenvalue weighted by Gasteiger charge is 2.36. The summed E-state index contributed by atoms with van der Waals surface area (Å²) in [5.74, 6) is -2.34. The zero-order valence-corrected chi connectivity index (χ0v) is 20.5. The molecule has 0 radical (unpaired) electrons. The van der Waals surface area contributed by atoms with E-state index in [-0.39, 0.29) is 27.5 Å². The monoisotopic (exact) mass is 549 g/mol. The predicted octanol–water partition coefficient (Wildman–Crippen LogP) is 4.95. The minimum absolute atomic E-state index is 0.0371. The molecule has 3 heterocycles. The number of hydrogen-bond acceptors (Lipinski definition) is 7. The average Bonchev–Trinajstić information content (AvgIpc) is 3.40. The number of nitrogens with zero attached hydrogens (tertiary/aromatic N) is 5. The van der Waals surface area contributed by atoms with Crippen LogP contribution in [0.2, 0.25) is 5.02 Å². The molecular weight excluding hydrogens is 530 g/mol. The van der Waals surface area contributed by atoms with Crippen molar-refractivity contribution in [3.8, 4) is 16.9 Å². The maximum atomic E-state index is 15.3. The van der Waals surface area contributed by atoms with Gasteiger partial charge in [-0.05, 0) is 37.1 Å². The molecule has 0 aliphatic carbocycles. The molecule has 38 heavy (non-hydrogen) atoms. The lowest BCUT2D eigenvalue weighted by Crippen LogP contribution is -2.17. The summed E-state index contributed by atoms with van der Waals surface area (Å²) in [6, 6.07) is 2.79. The van der Waals surface area contributed by atoms with Gasteiger partial charge in [0.2, 0.25) is 0 Å². The third kappa shape index (κ3) is 5.73. The van der Waals surface area contributed by atoms with Crippen molar-refractivity contribution in [3.05, 3.63) is 76.7 Å². The molecule has 0 spiro atoms. The second-order valence-corrected chi connectivity index (χ2v) is 8.29. The molecule has 1 amide bonds. The summed E-state index contributed by atoms with van der Waals surface area (Å²) < 4.78 is 61.6. The van der Waals surface area contributed by atoms with Gasteiger partial charge in [-0.3, -0.25) is 9.78 Å². The Morgan fingerprint density at radius 3 is 2.58 bits per heavy atom. The average molecular weight is 550 g/mol. The molecule has 0 aliphatic rings. The zero-order valence-electron chi connectivity index (χ0n) is 19.8. The van der Waals surface area contributed by atoms with Crippen LogP contribution in [0.3, 0.4) is 0 Å². The molecule has 1 aromatic carbocycles. The highest BCUT2D eigenvalue weighted by atomic mass is 35.5. The van der Waals surface area contributed by atoms with Crippen LogP contribution in [0.15, 0.2) is 49.2 Å². The van der Waals surface area contributed by atoms with Gasteiger partial charge in [-0.2, -0.15) is 23.4 Å². The molecule has 4 aromatic rings. The summed E-state index contributed by atoms with van der Waals surface area (Å²) in [7, 11) is 0. The van der Waals surface area contributed by atoms with Crippen molar-refractivity contribution >= 4 is 28.9 Å². The van der Waals surface area contributed by atoms with Gasteiger partial charge in [0.05, 0.1) is 53.4 Å². The second-order valence-electron chi connectivity index (χ2n) is 7.89. The Morgan fingerprint density at radius 1 is 1.16 bits per heavy atom. The van der Waals surface area contributed by atoms with E-state index in [2.05, 4.69) is 25.5 Å². The fourth-order valence-electron chi connectivity index (χ4n) is 3.70. The minimum Gasteiger partial charge on any atom is -0.397 e. The Bertz CT molecular complexity index is 1460. The standard InChI is InChI=1S/C24H20ClF4N7O2/c1-2-38-6-3-13-10-31-12-20(30)21(13)16-8-18(25)15(9-19(16)26)23(37)35-14-7-17(24(27,28)29)22(32-11-14)36-33-4-5-34-36/h4-5,7-12H,2-3,6,30H2,1H3,(H,35,37). The molecule has 0 atom stereocenters. The highest BCUT2D eigenvalue weighted by molar-refractivity contribution is 6.34. The third-order valence-corrected chi connectivity index (χ3v) is 5.70. The Kier molecular flexibility index (Phi) is 7.88. The van der Waals surface area contributed by atoms with Gasteiger partial charge < -0.3 is 15.8 Å². The lowest BCUT2D eigenvalue weighted by atomic mass is 9.96. The van der Waals surface area contributed by atoms with Crippen molar-refractivity contribution in [2.75, 3.05) is 24.3 Å². The first-order valence-corrected chi connectivity index (χ1v) is 11.5. The summed E-state index contributed by atoms with van der Waals surface area (Å²) >= 11 is 6.32. The Labute approximate surface area is 218 Å². The van der Waals surface area contributed by atoms with Gasteiger partial charge in [-0.25, -0.2) is 9.37 Å². The first-order valence-electron chi connectivity index (χ1n) is 11.1. The van der Waals surface area contributed by atoms with Gasteiger partial charge in [0.1, 0.15) is 11.4 Å². The number of aromatic nitrogens is 5. The van der Waals surface area contributed by atoms with Crippen molar-refractivity contribution in [3.63, 3.8) is 0 Å². The SMILES string of the molecule is CCOCCc1cncc(N)c1-c1cc(Cl)c(C(=O)Nc2cnc(-n3nccn3)c(C(F)(F)F)c2)cc1F. The van der Waals surface area contributed by atoms with E-state index in [0.29, 0.717) is 41.6 Å². The van der Waals surface area contributed by atoms with Crippen LogP contribution >= 0.6 is 11.6 Å². The summed E-state index contributed by atoms with van der Waals surface area (Å²) in [5, 5.41) is 9.45. The number of anilines is 2. The number of alkyl halides is 3. The van der Waals surface area contributed by atoms with E-state index in [1.165, 1.54) is 30.9 Å². The number of halogens is 5. The minimum atomic E-state index is -4.83. The van der Waals surface area contributed by atoms with Crippen LogP contribution in [0.25, 0.3) is 16.9 Å². The van der Waals surface area contributed by atoms with E-state index in [0.717, 1.165) is 12.3 Å². The van der Waals surface area contributed by atoms with E-state index in [1.54, 1.807) is 0 Å². The summed E-state index contributed by atoms with van der Waals surface area (Å²) in [5.41, 5.74) is 5.49. The predicted molar refractivity (Wildman–Crippen MR) is 131 cm³/mol. The third-order valence-electron chi connectivity index (χ3n) is 5.38. The summed E-state index contributed by atoms with van der Waals surface area (Å²) in [6.07, 6.45) is 1.85. The molecule has 0 aliphatic heterocycles. The first-order chi connectivity index (χ1) is 18.1. The van der Waals surface area contributed by atoms with E-state index >= 15 is 4.39 Å². The van der Waals surface area contributed by atoms with Gasteiger partial charge in [-0.15, -0.1) is 4.80 Å². The molecule has 4 rings (SSSR count). The number of hydrogen-bond donors (Lipinski definition) is 2. The second kappa shape index (κ2) is 11.1. The first kappa shape index (κ1) is 26.9. The van der Waals surface area contributed by atoms with Crippen LogP contribution in [-0.2, 0) is 17.3 Å². The van der Waals surface area contributed by atoms with Gasteiger partial charge in [0, 0.05) is 23.9 Å². The highest BCUT2D eigenvalue weighted by Crippen LogP contribution is 2.36. The zero-order chi connectivity index (χ0) is 27.4. The smallest absolute Gasteiger partial charge is 0.397 e. The molecule has 0 saturated carbocycles. The Morgan fingerprint density at radius 2 is 1.89 bits per heavy atom. The number of benzene rings is 1. The normalized spacial score (nSPS) is 11.5. The fraction of sp³-hybridized carbons (Fsp3) is 0.208. The number of amides is 1. The molecule has 0 bridgehead atoms. The van der Waals surface area contributed by atoms with Crippen molar-refractivity contribution in [1.29, 1.82) is 0 Å². The van der Waals surface area contributed by atoms with E-state index in [9.17, 15) is 18.0 Å². The fourth-order valence-corrected chi connectivity index (χ4v) is 3.95. The largest absolute Gasteiger partial charge is 0.420 e. The molecule has 9 nitrogen and oxygen atoms in total. The van der Waals surface area contributed by atoms with Crippen LogP contribution < -0.4 is 11.1 Å². The van der Waals surface area contributed by atoms with E-state index in [4.69, 9.17) is 22.1 Å². The van der Waals surface area contributed by atoms with Crippen molar-refractivity contribution in [2.24, 2.45) is 0 Å². The number of ether oxygens (including phenoxy) is 1. The number of nitrogens with two attached hydrogens (primary N) is 1. The van der Waals surface area contributed by atoms with Crippen LogP contribution in [-0.4, -0.2) is 44.1 Å². The number of rotatable bonds is 8. The van der Waals surface area contributed by atoms with Gasteiger partial charge in [0.25, 0.3) is 5.91 Å². The topological polar surface area (TPSA) is 121 Å². The number of pyridine rings is 2. The molecule has 3 aromatic heterocycles. The maximum Gasteiger partial charge on any atom is 0.420 e. The van der Waals surface area contributed by atoms with Gasteiger partial charge in [0.15, 0.2) is 5.82 Å². The number of carbonyl (C=O) groups is 1. The van der Waals surface area contributed by atoms with Crippen molar-refractivity contribution in [1.82, 2.24) is 25.0 Å². The lowest BCUT2D eigenvalue weighted by molar-refractivity contribution is -0.137. The number of nitrogen functional groups attached to an aromatic ring is 1. The van der Waals surface area contributed by atoms with E-state index in [1.807, 2.05) is 6.92 Å². The molecule has 198 valence electrons. The van der Waals surface area contributed by atoms with Crippen molar-refractivity contribution in [2.45, 2.75) is 19.5 Å². The lowest BCUT2D eigenvalue weighted by Gasteiger charge is -2.16. The number of carbonyl (C=O) groups excluding carboxylic acids is 1. The van der Waals surface area contributed by atoms with Crippen LogP contribution in [0.4, 0.5) is 28.9 Å². The van der Waals surface area contributed by atoms with Gasteiger partial charge in [-0.1, -0.05) is 11.6 Å². The Balaban J connectivity index is 1.65. The van der Waals surface area contributed by atoms with Crippen LogP contribution in [0.5, 0.6) is 0 Å². The molecule has 14 heteroatoms. The molecule has 0 fully saturated rings. The molecule has 0 unspecified atom stereocenters. The summed E-state index contributed by atoms with van der Waals surface area (Å²) in [4.78, 5) is 21.4. The van der Waals surface area contributed by atoms with Crippen molar-refractivity contribution < 1.29 is 27.1 Å². The Hall–Kier alpha value is -4.10.